The summed E-state index contributed by atoms with van der Waals surface area (Å²) in [7, 11) is 0. The van der Waals surface area contributed by atoms with E-state index in [1.165, 1.54) is 5.56 Å². The zero-order chi connectivity index (χ0) is 22.1. The number of benzene rings is 2. The summed E-state index contributed by atoms with van der Waals surface area (Å²) in [4.78, 5) is 12.7. The number of Topliss-reactive ketones (excluding diaryl/α,β-unsaturated/α-hetero) is 1. The van der Waals surface area contributed by atoms with Crippen LogP contribution in [0.1, 0.15) is 41.9 Å². The zero-order valence-electron chi connectivity index (χ0n) is 16.9. The second kappa shape index (κ2) is 8.89. The second-order valence-corrected chi connectivity index (χ2v) is 9.34. The number of hydrogen-bond acceptors (Lipinski definition) is 5. The summed E-state index contributed by atoms with van der Waals surface area (Å²) in [5.41, 5.74) is 9.84. The monoisotopic (exact) mass is 542 g/mol. The van der Waals surface area contributed by atoms with E-state index >= 15 is 0 Å². The lowest BCUT2D eigenvalue weighted by atomic mass is 9.77. The van der Waals surface area contributed by atoms with Gasteiger partial charge in [-0.25, -0.2) is 0 Å². The minimum atomic E-state index is -0.555. The molecule has 158 valence electrons. The maximum Gasteiger partial charge on any atom is 0.205 e. The Kier molecular flexibility index (Phi) is 6.22. The van der Waals surface area contributed by atoms with Gasteiger partial charge in [-0.2, -0.15) is 5.26 Å². The molecule has 2 aromatic rings. The van der Waals surface area contributed by atoms with Crippen LogP contribution in [-0.2, 0) is 16.1 Å². The van der Waals surface area contributed by atoms with Gasteiger partial charge in [0.2, 0.25) is 5.88 Å². The summed E-state index contributed by atoms with van der Waals surface area (Å²) < 4.78 is 13.1. The first-order valence-corrected chi connectivity index (χ1v) is 11.5. The van der Waals surface area contributed by atoms with E-state index in [1.807, 2.05) is 43.3 Å². The normalized spacial score (nSPS) is 18.4. The fourth-order valence-corrected chi connectivity index (χ4v) is 5.36. The van der Waals surface area contributed by atoms with Gasteiger partial charge in [0, 0.05) is 18.4 Å². The highest BCUT2D eigenvalue weighted by Crippen LogP contribution is 2.46. The number of nitrogens with two attached hydrogens (primary N) is 1. The molecule has 2 N–H and O–H groups in total. The Morgan fingerprint density at radius 2 is 1.87 bits per heavy atom. The molecule has 0 bridgehead atoms. The fraction of sp³-hybridized carbons (Fsp3) is 0.250. The Bertz CT molecular complexity index is 1140. The zero-order valence-corrected chi connectivity index (χ0v) is 20.0. The van der Waals surface area contributed by atoms with Crippen LogP contribution >= 0.6 is 31.9 Å². The van der Waals surface area contributed by atoms with Gasteiger partial charge in [-0.3, -0.25) is 4.79 Å². The average molecular weight is 544 g/mol. The number of ether oxygens (including phenoxy) is 2. The molecule has 0 aromatic heterocycles. The van der Waals surface area contributed by atoms with E-state index in [0.29, 0.717) is 36.5 Å². The van der Waals surface area contributed by atoms with Crippen molar-refractivity contribution in [2.45, 2.75) is 38.7 Å². The molecule has 0 fully saturated rings. The van der Waals surface area contributed by atoms with Crippen molar-refractivity contribution < 1.29 is 14.3 Å². The van der Waals surface area contributed by atoms with Gasteiger partial charge in [0.25, 0.3) is 0 Å². The summed E-state index contributed by atoms with van der Waals surface area (Å²) in [6, 6.07) is 14.0. The number of rotatable bonds is 4. The number of halogens is 2. The van der Waals surface area contributed by atoms with E-state index in [9.17, 15) is 10.1 Å². The molecule has 1 atom stereocenters. The Morgan fingerprint density at radius 3 is 2.52 bits per heavy atom. The molecule has 0 radical (unpaired) electrons. The second-order valence-electron chi connectivity index (χ2n) is 7.63. The van der Waals surface area contributed by atoms with Crippen molar-refractivity contribution >= 4 is 37.6 Å². The smallest absolute Gasteiger partial charge is 0.205 e. The predicted molar refractivity (Wildman–Crippen MR) is 124 cm³/mol. The first kappa shape index (κ1) is 21.7. The number of carbonyl (C=O) groups is 1. The molecule has 0 amide bonds. The van der Waals surface area contributed by atoms with Crippen LogP contribution in [0.5, 0.6) is 5.75 Å². The summed E-state index contributed by atoms with van der Waals surface area (Å²) in [6.45, 7) is 2.46. The van der Waals surface area contributed by atoms with Crippen molar-refractivity contribution in [3.63, 3.8) is 0 Å². The quantitative estimate of drug-likeness (QED) is 0.517. The molecule has 0 saturated carbocycles. The van der Waals surface area contributed by atoms with Crippen molar-refractivity contribution in [1.82, 2.24) is 0 Å². The average Bonchev–Trinajstić information content (AvgIpc) is 2.73. The maximum atomic E-state index is 12.7. The fourth-order valence-electron chi connectivity index (χ4n) is 3.91. The van der Waals surface area contributed by atoms with E-state index in [2.05, 4.69) is 37.9 Å². The summed E-state index contributed by atoms with van der Waals surface area (Å²) in [5.74, 6) is 0.729. The Morgan fingerprint density at radius 1 is 1.19 bits per heavy atom. The molecule has 2 aromatic carbocycles. The molecule has 4 rings (SSSR count). The van der Waals surface area contributed by atoms with E-state index in [4.69, 9.17) is 15.2 Å². The molecule has 0 unspecified atom stereocenters. The van der Waals surface area contributed by atoms with Gasteiger partial charge in [-0.1, -0.05) is 29.8 Å². The van der Waals surface area contributed by atoms with Crippen LogP contribution in [0.25, 0.3) is 0 Å². The van der Waals surface area contributed by atoms with E-state index < -0.39 is 5.92 Å². The van der Waals surface area contributed by atoms with Crippen LogP contribution < -0.4 is 10.5 Å². The van der Waals surface area contributed by atoms with Crippen molar-refractivity contribution in [2.75, 3.05) is 0 Å². The van der Waals surface area contributed by atoms with E-state index in [1.54, 1.807) is 0 Å². The maximum absolute atomic E-state index is 12.7. The van der Waals surface area contributed by atoms with Crippen molar-refractivity contribution in [3.05, 3.63) is 84.8 Å². The minimum Gasteiger partial charge on any atom is -0.487 e. The highest BCUT2D eigenvalue weighted by Gasteiger charge is 2.38. The molecule has 31 heavy (non-hydrogen) atoms. The topological polar surface area (TPSA) is 85.3 Å². The summed E-state index contributed by atoms with van der Waals surface area (Å²) in [6.07, 6.45) is 1.80. The van der Waals surface area contributed by atoms with Crippen molar-refractivity contribution in [1.29, 1.82) is 5.26 Å². The SMILES string of the molecule is Cc1ccc(COc2c(Br)cc([C@@H]3C(C#N)=C(N)OC4=C3C(=O)CCC4)cc2Br)cc1. The molecule has 7 heteroatoms. The standard InChI is InChI=1S/C24H20Br2N2O3/c1-13-5-7-14(8-6-13)12-30-23-17(25)9-15(10-18(23)26)21-16(11-27)24(28)31-20-4-2-3-19(29)22(20)21/h5-10,21H,2-4,12,28H2,1H3/t21-/m1/s1. The number of hydrogen-bond donors (Lipinski definition) is 1. The minimum absolute atomic E-state index is 0.00144. The van der Waals surface area contributed by atoms with Gasteiger partial charge in [0.1, 0.15) is 29.8 Å². The number of aryl methyl sites for hydroxylation is 1. The van der Waals surface area contributed by atoms with Gasteiger partial charge in [0.05, 0.1) is 14.9 Å². The Hall–Kier alpha value is -2.56. The first-order valence-electron chi connectivity index (χ1n) is 9.90. The van der Waals surface area contributed by atoms with Crippen LogP contribution in [0, 0.1) is 18.3 Å². The molecule has 1 heterocycles. The highest BCUT2D eigenvalue weighted by molar-refractivity contribution is 9.11. The molecule has 1 aliphatic carbocycles. The van der Waals surface area contributed by atoms with Gasteiger partial charge in [0.15, 0.2) is 5.78 Å². The third-order valence-electron chi connectivity index (χ3n) is 5.46. The van der Waals surface area contributed by atoms with E-state index in [-0.39, 0.29) is 17.2 Å². The lowest BCUT2D eigenvalue weighted by Gasteiger charge is -2.31. The lowest BCUT2D eigenvalue weighted by molar-refractivity contribution is -0.116. The Balaban J connectivity index is 1.69. The van der Waals surface area contributed by atoms with Gasteiger partial charge in [-0.15, -0.1) is 0 Å². The summed E-state index contributed by atoms with van der Waals surface area (Å²) >= 11 is 7.18. The van der Waals surface area contributed by atoms with E-state index in [0.717, 1.165) is 26.5 Å². The highest BCUT2D eigenvalue weighted by atomic mass is 79.9. The van der Waals surface area contributed by atoms with Crippen LogP contribution in [0.2, 0.25) is 0 Å². The van der Waals surface area contributed by atoms with Crippen LogP contribution in [0.4, 0.5) is 0 Å². The van der Waals surface area contributed by atoms with Crippen LogP contribution in [-0.4, -0.2) is 5.78 Å². The van der Waals surface area contributed by atoms with Crippen molar-refractivity contribution in [2.24, 2.45) is 5.73 Å². The molecule has 0 spiro atoms. The van der Waals surface area contributed by atoms with Crippen LogP contribution in [0.15, 0.2) is 68.1 Å². The molecule has 1 aliphatic heterocycles. The van der Waals surface area contributed by atoms with Gasteiger partial charge < -0.3 is 15.2 Å². The van der Waals surface area contributed by atoms with Crippen molar-refractivity contribution in [3.8, 4) is 11.8 Å². The number of allylic oxidation sites excluding steroid dienone is 3. The predicted octanol–water partition coefficient (Wildman–Crippen LogP) is 5.91. The van der Waals surface area contributed by atoms with Crippen LogP contribution in [0.3, 0.4) is 0 Å². The molecule has 2 aliphatic rings. The lowest BCUT2D eigenvalue weighted by Crippen LogP contribution is -2.27. The molecule has 5 nitrogen and oxygen atoms in total. The largest absolute Gasteiger partial charge is 0.487 e. The summed E-state index contributed by atoms with van der Waals surface area (Å²) in [5, 5.41) is 9.74. The number of ketones is 1. The number of carbonyl (C=O) groups excluding carboxylic acids is 1. The van der Waals surface area contributed by atoms with Gasteiger partial charge >= 0.3 is 0 Å². The third kappa shape index (κ3) is 4.28. The molecular formula is C24H20Br2N2O3. The molecular weight excluding hydrogens is 524 g/mol. The molecule has 0 saturated heterocycles. The first-order chi connectivity index (χ1) is 14.9. The number of nitrogens with zero attached hydrogens (tertiary/aromatic N) is 1. The third-order valence-corrected chi connectivity index (χ3v) is 6.64. The Labute approximate surface area is 197 Å². The number of nitriles is 1. The van der Waals surface area contributed by atoms with Gasteiger partial charge in [-0.05, 0) is 68.5 Å².